The molecule has 0 radical (unpaired) electrons. The second kappa shape index (κ2) is 8.68. The minimum absolute atomic E-state index is 0.111. The van der Waals surface area contributed by atoms with Crippen LogP contribution >= 0.6 is 0 Å². The van der Waals surface area contributed by atoms with E-state index >= 15 is 0 Å². The number of piperazine rings is 1. The van der Waals surface area contributed by atoms with Crippen LogP contribution in [0.1, 0.15) is 23.1 Å². The highest BCUT2D eigenvalue weighted by Gasteiger charge is 2.38. The fourth-order valence-electron chi connectivity index (χ4n) is 4.34. The average Bonchev–Trinajstić information content (AvgIpc) is 3.16. The molecule has 0 aliphatic carbocycles. The van der Waals surface area contributed by atoms with E-state index in [9.17, 15) is 9.59 Å². The van der Waals surface area contributed by atoms with Crippen LogP contribution in [0, 0.1) is 18.3 Å². The van der Waals surface area contributed by atoms with Gasteiger partial charge in [-0.05, 0) is 48.7 Å². The summed E-state index contributed by atoms with van der Waals surface area (Å²) in [5.74, 6) is 0.264. The first-order chi connectivity index (χ1) is 14.6. The molecule has 0 spiro atoms. The van der Waals surface area contributed by atoms with Crippen molar-refractivity contribution in [2.24, 2.45) is 0 Å². The fraction of sp³-hybridized carbons (Fsp3) is 0.375. The standard InChI is InChI=1S/C24H26N4O2/c1-18-4-2-3-5-20(18)16-23(29)27-14-12-26(13-15-27)22-10-11-28(24(22)30)21-8-6-19(17-25)7-9-21/h2-9,22H,10-16H2,1H3. The molecule has 6 heteroatoms. The molecule has 6 nitrogen and oxygen atoms in total. The minimum Gasteiger partial charge on any atom is -0.340 e. The van der Waals surface area contributed by atoms with E-state index in [0.717, 1.165) is 36.3 Å². The summed E-state index contributed by atoms with van der Waals surface area (Å²) >= 11 is 0. The Hall–Kier alpha value is -3.17. The van der Waals surface area contributed by atoms with Crippen molar-refractivity contribution in [1.82, 2.24) is 9.80 Å². The maximum atomic E-state index is 13.0. The fourth-order valence-corrected chi connectivity index (χ4v) is 4.34. The van der Waals surface area contributed by atoms with E-state index in [-0.39, 0.29) is 17.9 Å². The first-order valence-electron chi connectivity index (χ1n) is 10.4. The first kappa shape index (κ1) is 20.1. The molecule has 2 heterocycles. The van der Waals surface area contributed by atoms with Crippen LogP contribution in [-0.2, 0) is 16.0 Å². The lowest BCUT2D eigenvalue weighted by molar-refractivity contribution is -0.133. The van der Waals surface area contributed by atoms with Crippen molar-refractivity contribution in [3.8, 4) is 6.07 Å². The van der Waals surface area contributed by atoms with Gasteiger partial charge in [0.15, 0.2) is 0 Å². The highest BCUT2D eigenvalue weighted by atomic mass is 16.2. The number of anilines is 1. The molecule has 0 bridgehead atoms. The van der Waals surface area contributed by atoms with Crippen molar-refractivity contribution in [3.63, 3.8) is 0 Å². The van der Waals surface area contributed by atoms with Crippen molar-refractivity contribution >= 4 is 17.5 Å². The van der Waals surface area contributed by atoms with Gasteiger partial charge >= 0.3 is 0 Å². The number of hydrogen-bond acceptors (Lipinski definition) is 4. The summed E-state index contributed by atoms with van der Waals surface area (Å²) in [6.07, 6.45) is 1.22. The quantitative estimate of drug-likeness (QED) is 0.787. The number of hydrogen-bond donors (Lipinski definition) is 0. The van der Waals surface area contributed by atoms with Gasteiger partial charge in [-0.2, -0.15) is 5.26 Å². The van der Waals surface area contributed by atoms with Crippen molar-refractivity contribution in [2.45, 2.75) is 25.8 Å². The number of rotatable bonds is 4. The summed E-state index contributed by atoms with van der Waals surface area (Å²) < 4.78 is 0. The Labute approximate surface area is 177 Å². The third-order valence-corrected chi connectivity index (χ3v) is 6.20. The molecule has 2 fully saturated rings. The van der Waals surface area contributed by atoms with Gasteiger partial charge in [0, 0.05) is 38.4 Å². The molecule has 2 aliphatic rings. The maximum Gasteiger partial charge on any atom is 0.244 e. The number of aryl methyl sites for hydroxylation is 1. The summed E-state index contributed by atoms with van der Waals surface area (Å²) in [5.41, 5.74) is 3.65. The zero-order chi connectivity index (χ0) is 21.1. The van der Waals surface area contributed by atoms with E-state index in [0.29, 0.717) is 31.6 Å². The Morgan fingerprint density at radius 1 is 1.03 bits per heavy atom. The van der Waals surface area contributed by atoms with Crippen LogP contribution in [-0.4, -0.2) is 60.4 Å². The van der Waals surface area contributed by atoms with E-state index < -0.39 is 0 Å². The number of nitriles is 1. The Morgan fingerprint density at radius 3 is 2.40 bits per heavy atom. The third kappa shape index (κ3) is 4.07. The zero-order valence-electron chi connectivity index (χ0n) is 17.3. The molecule has 2 aliphatic heterocycles. The van der Waals surface area contributed by atoms with E-state index in [1.165, 1.54) is 0 Å². The number of amides is 2. The topological polar surface area (TPSA) is 67.7 Å². The molecule has 2 amide bonds. The molecule has 1 unspecified atom stereocenters. The van der Waals surface area contributed by atoms with Gasteiger partial charge in [-0.25, -0.2) is 0 Å². The molecule has 154 valence electrons. The average molecular weight is 402 g/mol. The number of carbonyl (C=O) groups is 2. The highest BCUT2D eigenvalue weighted by molar-refractivity contribution is 5.99. The SMILES string of the molecule is Cc1ccccc1CC(=O)N1CCN(C2CCN(c3ccc(C#N)cc3)C2=O)CC1. The van der Waals surface area contributed by atoms with Gasteiger partial charge in [-0.15, -0.1) is 0 Å². The van der Waals surface area contributed by atoms with Gasteiger partial charge in [0.1, 0.15) is 0 Å². The Balaban J connectivity index is 1.33. The van der Waals surface area contributed by atoms with E-state index in [1.54, 1.807) is 12.1 Å². The second-order valence-corrected chi connectivity index (χ2v) is 7.97. The van der Waals surface area contributed by atoms with Crippen LogP contribution in [0.25, 0.3) is 0 Å². The van der Waals surface area contributed by atoms with E-state index in [2.05, 4.69) is 11.0 Å². The summed E-state index contributed by atoms with van der Waals surface area (Å²) in [5, 5.41) is 8.95. The monoisotopic (exact) mass is 402 g/mol. The largest absolute Gasteiger partial charge is 0.340 e. The Kier molecular flexibility index (Phi) is 5.82. The van der Waals surface area contributed by atoms with Gasteiger partial charge in [-0.3, -0.25) is 14.5 Å². The Bertz CT molecular complexity index is 971. The lowest BCUT2D eigenvalue weighted by Gasteiger charge is -2.37. The van der Waals surface area contributed by atoms with Gasteiger partial charge in [0.05, 0.1) is 24.1 Å². The summed E-state index contributed by atoms with van der Waals surface area (Å²) in [4.78, 5) is 31.6. The number of benzene rings is 2. The van der Waals surface area contributed by atoms with Crippen LogP contribution < -0.4 is 4.90 Å². The molecular formula is C24H26N4O2. The molecule has 2 saturated heterocycles. The van der Waals surface area contributed by atoms with E-state index in [4.69, 9.17) is 5.26 Å². The molecule has 4 rings (SSSR count). The van der Waals surface area contributed by atoms with Crippen LogP contribution in [0.4, 0.5) is 5.69 Å². The van der Waals surface area contributed by atoms with Crippen LogP contribution in [0.2, 0.25) is 0 Å². The molecule has 0 N–H and O–H groups in total. The smallest absolute Gasteiger partial charge is 0.244 e. The highest BCUT2D eigenvalue weighted by Crippen LogP contribution is 2.25. The zero-order valence-corrected chi connectivity index (χ0v) is 17.3. The molecule has 2 aromatic rings. The molecule has 30 heavy (non-hydrogen) atoms. The molecule has 0 aromatic heterocycles. The van der Waals surface area contributed by atoms with Gasteiger partial charge in [0.25, 0.3) is 0 Å². The lowest BCUT2D eigenvalue weighted by Crippen LogP contribution is -2.54. The number of carbonyl (C=O) groups excluding carboxylic acids is 2. The van der Waals surface area contributed by atoms with Crippen LogP contribution in [0.15, 0.2) is 48.5 Å². The molecular weight excluding hydrogens is 376 g/mol. The first-order valence-corrected chi connectivity index (χ1v) is 10.4. The Morgan fingerprint density at radius 2 is 1.73 bits per heavy atom. The van der Waals surface area contributed by atoms with Crippen molar-refractivity contribution in [3.05, 3.63) is 65.2 Å². The predicted octanol–water partition coefficient (Wildman–Crippen LogP) is 2.36. The van der Waals surface area contributed by atoms with Crippen molar-refractivity contribution in [2.75, 3.05) is 37.6 Å². The van der Waals surface area contributed by atoms with Crippen molar-refractivity contribution < 1.29 is 9.59 Å². The molecule has 2 aromatic carbocycles. The van der Waals surface area contributed by atoms with Crippen molar-refractivity contribution in [1.29, 1.82) is 5.26 Å². The summed E-state index contributed by atoms with van der Waals surface area (Å²) in [6.45, 7) is 5.47. The van der Waals surface area contributed by atoms with Gasteiger partial charge in [0.2, 0.25) is 11.8 Å². The lowest BCUT2D eigenvalue weighted by atomic mass is 10.0. The molecule has 1 atom stereocenters. The summed E-state index contributed by atoms with van der Waals surface area (Å²) in [7, 11) is 0. The van der Waals surface area contributed by atoms with Crippen LogP contribution in [0.5, 0.6) is 0 Å². The summed E-state index contributed by atoms with van der Waals surface area (Å²) in [6, 6.07) is 17.1. The third-order valence-electron chi connectivity index (χ3n) is 6.20. The minimum atomic E-state index is -0.130. The van der Waals surface area contributed by atoms with E-state index in [1.807, 2.05) is 53.1 Å². The molecule has 0 saturated carbocycles. The predicted molar refractivity (Wildman–Crippen MR) is 115 cm³/mol. The normalized spacial score (nSPS) is 19.7. The van der Waals surface area contributed by atoms with Crippen LogP contribution in [0.3, 0.4) is 0 Å². The van der Waals surface area contributed by atoms with Gasteiger partial charge < -0.3 is 9.80 Å². The van der Waals surface area contributed by atoms with Gasteiger partial charge in [-0.1, -0.05) is 24.3 Å². The number of nitrogens with zero attached hydrogens (tertiary/aromatic N) is 4. The maximum absolute atomic E-state index is 13.0. The second-order valence-electron chi connectivity index (χ2n) is 7.97.